The van der Waals surface area contributed by atoms with Gasteiger partial charge in [-0.25, -0.2) is 8.42 Å². The monoisotopic (exact) mass is 254 g/mol. The summed E-state index contributed by atoms with van der Waals surface area (Å²) in [4.78, 5) is 0. The van der Waals surface area contributed by atoms with E-state index in [0.29, 0.717) is 6.42 Å². The van der Waals surface area contributed by atoms with Crippen LogP contribution in [0.5, 0.6) is 0 Å². The Labute approximate surface area is 119 Å². The predicted molar refractivity (Wildman–Crippen MR) is 58.0 cm³/mol. The van der Waals surface area contributed by atoms with Crippen molar-refractivity contribution in [2.75, 3.05) is 6.61 Å². The molecule has 16 heavy (non-hydrogen) atoms. The molecule has 4 nitrogen and oxygen atoms in total. The van der Waals surface area contributed by atoms with Crippen molar-refractivity contribution in [1.29, 1.82) is 0 Å². The summed E-state index contributed by atoms with van der Waals surface area (Å²) < 4.78 is 34.1. The first-order chi connectivity index (χ1) is 7.06. The van der Waals surface area contributed by atoms with Crippen LogP contribution in [0.2, 0.25) is 0 Å². The van der Waals surface area contributed by atoms with Crippen LogP contribution in [0.4, 0.5) is 0 Å². The van der Waals surface area contributed by atoms with Crippen LogP contribution < -0.4 is 29.6 Å². The molecule has 0 rings (SSSR count). The van der Waals surface area contributed by atoms with Crippen molar-refractivity contribution < 1.29 is 46.7 Å². The maximum Gasteiger partial charge on any atom is 1.00 e. The van der Waals surface area contributed by atoms with Gasteiger partial charge in [0.05, 0.1) is 6.61 Å². The molecule has 0 aromatic heterocycles. The van der Waals surface area contributed by atoms with Crippen molar-refractivity contribution in [3.05, 3.63) is 37.0 Å². The molecule has 0 aromatic rings. The first kappa shape index (κ1) is 18.5. The largest absolute Gasteiger partial charge is 1.00 e. The van der Waals surface area contributed by atoms with Gasteiger partial charge < -0.3 is 4.55 Å². The minimum atomic E-state index is -4.54. The van der Waals surface area contributed by atoms with E-state index in [9.17, 15) is 13.0 Å². The average Bonchev–Trinajstić information content (AvgIpc) is 2.14. The Morgan fingerprint density at radius 3 is 2.25 bits per heavy atom. The van der Waals surface area contributed by atoms with E-state index in [0.717, 1.165) is 12.8 Å². The molecule has 0 aromatic carbocycles. The molecule has 0 N–H and O–H groups in total. The summed E-state index contributed by atoms with van der Waals surface area (Å²) in [6, 6.07) is 0. The molecule has 0 bridgehead atoms. The Balaban J connectivity index is 0. The van der Waals surface area contributed by atoms with Gasteiger partial charge >= 0.3 is 29.6 Å². The predicted octanol–water partition coefficient (Wildman–Crippen LogP) is -1.06. The molecule has 0 spiro atoms. The summed E-state index contributed by atoms with van der Waals surface area (Å²) in [5.41, 5.74) is 0. The number of hydrogen-bond acceptors (Lipinski definition) is 4. The molecule has 0 saturated heterocycles. The van der Waals surface area contributed by atoms with Gasteiger partial charge in [0.25, 0.3) is 0 Å². The molecule has 0 fully saturated rings. The summed E-state index contributed by atoms with van der Waals surface area (Å²) in [5.74, 6) is 0. The van der Waals surface area contributed by atoms with Crippen LogP contribution in [0.15, 0.2) is 37.0 Å². The van der Waals surface area contributed by atoms with Gasteiger partial charge in [0, 0.05) is 0 Å². The van der Waals surface area contributed by atoms with Crippen molar-refractivity contribution in [2.45, 2.75) is 19.3 Å². The Kier molecular flexibility index (Phi) is 13.3. The van der Waals surface area contributed by atoms with Gasteiger partial charge in [-0.1, -0.05) is 30.4 Å². The molecule has 0 amide bonds. The van der Waals surface area contributed by atoms with Gasteiger partial charge in [0.15, 0.2) is 0 Å². The van der Waals surface area contributed by atoms with Crippen LogP contribution in [0.25, 0.3) is 0 Å². The Morgan fingerprint density at radius 2 is 1.69 bits per heavy atom. The van der Waals surface area contributed by atoms with Crippen LogP contribution in [0, 0.1) is 0 Å². The minimum Gasteiger partial charge on any atom is -0.726 e. The van der Waals surface area contributed by atoms with E-state index >= 15 is 0 Å². The van der Waals surface area contributed by atoms with Crippen LogP contribution in [-0.2, 0) is 14.6 Å². The third kappa shape index (κ3) is 16.5. The smallest absolute Gasteiger partial charge is 0.726 e. The van der Waals surface area contributed by atoms with Crippen LogP contribution in [0.1, 0.15) is 19.3 Å². The van der Waals surface area contributed by atoms with Gasteiger partial charge in [0.2, 0.25) is 10.4 Å². The fraction of sp³-hybridized carbons (Fsp3) is 0.400. The van der Waals surface area contributed by atoms with Gasteiger partial charge in [0.1, 0.15) is 0 Å². The standard InChI is InChI=1S/C10H16O4S.Na/c1-2-3-4-5-6-7-8-9-10-14-15(11,12)13;/h2,4-5,7-8H,1,3,6,9-10H2,(H,11,12,13);/q;+1/p-1/b5-4+,8-7+;. The molecule has 0 heterocycles. The number of rotatable bonds is 8. The maximum absolute atomic E-state index is 10.0. The van der Waals surface area contributed by atoms with E-state index in [1.54, 1.807) is 12.2 Å². The fourth-order valence-electron chi connectivity index (χ4n) is 0.800. The van der Waals surface area contributed by atoms with Gasteiger partial charge in [-0.05, 0) is 19.3 Å². The van der Waals surface area contributed by atoms with Crippen molar-refractivity contribution in [3.63, 3.8) is 0 Å². The second-order valence-electron chi connectivity index (χ2n) is 2.72. The van der Waals surface area contributed by atoms with E-state index in [1.165, 1.54) is 0 Å². The summed E-state index contributed by atoms with van der Waals surface area (Å²) in [6.45, 7) is 3.47. The number of hydrogen-bond donors (Lipinski definition) is 0. The van der Waals surface area contributed by atoms with Crippen molar-refractivity contribution in [3.8, 4) is 0 Å². The Hall–Kier alpha value is 0.0900. The van der Waals surface area contributed by atoms with Gasteiger partial charge in [-0.15, -0.1) is 6.58 Å². The van der Waals surface area contributed by atoms with E-state index < -0.39 is 10.4 Å². The topological polar surface area (TPSA) is 66.4 Å². The molecule has 0 radical (unpaired) electrons. The van der Waals surface area contributed by atoms with E-state index in [4.69, 9.17) is 0 Å². The minimum absolute atomic E-state index is 0. The van der Waals surface area contributed by atoms with Crippen molar-refractivity contribution in [2.24, 2.45) is 0 Å². The van der Waals surface area contributed by atoms with Gasteiger partial charge in [-0.2, -0.15) is 0 Å². The third-order valence-electron chi connectivity index (χ3n) is 1.42. The molecule has 86 valence electrons. The zero-order valence-electron chi connectivity index (χ0n) is 9.46. The van der Waals surface area contributed by atoms with E-state index in [-0.39, 0.29) is 36.2 Å². The van der Waals surface area contributed by atoms with Crippen LogP contribution in [-0.4, -0.2) is 19.6 Å². The Morgan fingerprint density at radius 1 is 1.12 bits per heavy atom. The first-order valence-electron chi connectivity index (χ1n) is 4.57. The van der Waals surface area contributed by atoms with Crippen LogP contribution >= 0.6 is 0 Å². The molecular weight excluding hydrogens is 239 g/mol. The third-order valence-corrected chi connectivity index (χ3v) is 1.88. The molecule has 6 heteroatoms. The molecule has 0 unspecified atom stereocenters. The second-order valence-corrected chi connectivity index (χ2v) is 3.77. The molecular formula is C10H15NaO4S. The van der Waals surface area contributed by atoms with Crippen molar-refractivity contribution in [1.82, 2.24) is 0 Å². The summed E-state index contributed by atoms with van der Waals surface area (Å²) >= 11 is 0. The van der Waals surface area contributed by atoms with Gasteiger partial charge in [-0.3, -0.25) is 4.18 Å². The van der Waals surface area contributed by atoms with Crippen LogP contribution in [0.3, 0.4) is 0 Å². The Bertz CT molecular complexity index is 320. The molecule has 0 aliphatic rings. The molecule has 0 aliphatic heterocycles. The van der Waals surface area contributed by atoms with E-state index in [2.05, 4.69) is 10.8 Å². The summed E-state index contributed by atoms with van der Waals surface area (Å²) in [5, 5.41) is 0. The average molecular weight is 254 g/mol. The summed E-state index contributed by atoms with van der Waals surface area (Å²) in [6.07, 6.45) is 11.4. The zero-order chi connectivity index (χ0) is 11.6. The van der Waals surface area contributed by atoms with E-state index in [1.807, 2.05) is 18.2 Å². The SMILES string of the molecule is C=CC/C=C/C/C=C/CCOS(=O)(=O)[O-].[Na+]. The second kappa shape index (κ2) is 11.6. The number of allylic oxidation sites excluding steroid dienone is 4. The molecule has 0 aliphatic carbocycles. The maximum atomic E-state index is 10.0. The van der Waals surface area contributed by atoms with Crippen molar-refractivity contribution >= 4 is 10.4 Å². The normalized spacial score (nSPS) is 11.8. The molecule has 0 atom stereocenters. The fourth-order valence-corrected chi connectivity index (χ4v) is 1.10. The first-order valence-corrected chi connectivity index (χ1v) is 5.90. The summed E-state index contributed by atoms with van der Waals surface area (Å²) in [7, 11) is -4.54. The zero-order valence-corrected chi connectivity index (χ0v) is 12.3. The quantitative estimate of drug-likeness (QED) is 0.182. The molecule has 0 saturated carbocycles.